The maximum absolute atomic E-state index is 13.6. The lowest BCUT2D eigenvalue weighted by Crippen LogP contribution is -2.49. The number of hydrogen-bond acceptors (Lipinski definition) is 5. The standard InChI is InChI=1S/C23H26FN3O4/c1-30-21-6-3-18(24)12-17(21)14-26-8-10-27(11-9-26)23(29)15-31-19-4-5-20-16(13-19)2-7-22(28)25-20/h3-6,12-13H,2,7-11,14-15H2,1H3,(H,25,28). The first-order chi connectivity index (χ1) is 15.0. The third kappa shape index (κ3) is 5.14. The molecule has 31 heavy (non-hydrogen) atoms. The summed E-state index contributed by atoms with van der Waals surface area (Å²) in [6.07, 6.45) is 1.13. The Morgan fingerprint density at radius 1 is 1.10 bits per heavy atom. The van der Waals surface area contributed by atoms with Gasteiger partial charge >= 0.3 is 0 Å². The van der Waals surface area contributed by atoms with Crippen molar-refractivity contribution in [1.82, 2.24) is 9.80 Å². The lowest BCUT2D eigenvalue weighted by atomic mass is 10.0. The largest absolute Gasteiger partial charge is 0.496 e. The molecule has 0 aliphatic carbocycles. The minimum atomic E-state index is -0.286. The zero-order valence-electron chi connectivity index (χ0n) is 17.5. The number of carbonyl (C=O) groups excluding carboxylic acids is 2. The number of hydrogen-bond donors (Lipinski definition) is 1. The van der Waals surface area contributed by atoms with Gasteiger partial charge in [0, 0.05) is 50.4 Å². The molecule has 4 rings (SSSR count). The number of ether oxygens (including phenoxy) is 2. The number of amides is 2. The van der Waals surface area contributed by atoms with Crippen LogP contribution < -0.4 is 14.8 Å². The molecule has 0 bridgehead atoms. The van der Waals surface area contributed by atoms with E-state index in [1.54, 1.807) is 24.1 Å². The number of carbonyl (C=O) groups is 2. The Hall–Kier alpha value is -3.13. The molecule has 0 aromatic heterocycles. The molecular formula is C23H26FN3O4. The van der Waals surface area contributed by atoms with Gasteiger partial charge in [-0.2, -0.15) is 0 Å². The van der Waals surface area contributed by atoms with E-state index in [0.717, 1.165) is 16.8 Å². The Balaban J connectivity index is 1.26. The highest BCUT2D eigenvalue weighted by atomic mass is 19.1. The number of methoxy groups -OCH3 is 1. The van der Waals surface area contributed by atoms with Crippen LogP contribution in [0.5, 0.6) is 11.5 Å². The highest BCUT2D eigenvalue weighted by molar-refractivity contribution is 5.94. The van der Waals surface area contributed by atoms with Crippen LogP contribution in [0.3, 0.4) is 0 Å². The molecule has 1 saturated heterocycles. The molecule has 1 fully saturated rings. The first-order valence-electron chi connectivity index (χ1n) is 10.4. The third-order valence-corrected chi connectivity index (χ3v) is 5.70. The van der Waals surface area contributed by atoms with Crippen molar-refractivity contribution < 1.29 is 23.5 Å². The van der Waals surface area contributed by atoms with Crippen molar-refractivity contribution in [3.8, 4) is 11.5 Å². The van der Waals surface area contributed by atoms with Crippen molar-refractivity contribution in [3.63, 3.8) is 0 Å². The topological polar surface area (TPSA) is 71.1 Å². The van der Waals surface area contributed by atoms with Crippen LogP contribution in [0.15, 0.2) is 36.4 Å². The maximum atomic E-state index is 13.6. The molecule has 2 amide bonds. The van der Waals surface area contributed by atoms with Crippen LogP contribution >= 0.6 is 0 Å². The fourth-order valence-electron chi connectivity index (χ4n) is 3.95. The molecule has 2 aromatic carbocycles. The van der Waals surface area contributed by atoms with Gasteiger partial charge in [-0.05, 0) is 48.4 Å². The van der Waals surface area contributed by atoms with Gasteiger partial charge in [-0.3, -0.25) is 14.5 Å². The smallest absolute Gasteiger partial charge is 0.260 e. The van der Waals surface area contributed by atoms with Gasteiger partial charge in [0.15, 0.2) is 6.61 Å². The minimum absolute atomic E-state index is 0.0198. The second-order valence-electron chi connectivity index (χ2n) is 7.77. The van der Waals surface area contributed by atoms with Gasteiger partial charge in [-0.15, -0.1) is 0 Å². The average Bonchev–Trinajstić information content (AvgIpc) is 2.78. The normalized spacial score (nSPS) is 16.5. The molecule has 8 heteroatoms. The zero-order chi connectivity index (χ0) is 21.8. The molecule has 2 aliphatic heterocycles. The van der Waals surface area contributed by atoms with Crippen LogP contribution in [0.4, 0.5) is 10.1 Å². The van der Waals surface area contributed by atoms with E-state index in [1.807, 2.05) is 12.1 Å². The summed E-state index contributed by atoms with van der Waals surface area (Å²) in [4.78, 5) is 28.0. The Morgan fingerprint density at radius 2 is 1.90 bits per heavy atom. The van der Waals surface area contributed by atoms with Crippen molar-refractivity contribution >= 4 is 17.5 Å². The SMILES string of the molecule is COc1ccc(F)cc1CN1CCN(C(=O)COc2ccc3c(c2)CCC(=O)N3)CC1. The van der Waals surface area contributed by atoms with E-state index in [1.165, 1.54) is 12.1 Å². The summed E-state index contributed by atoms with van der Waals surface area (Å²) < 4.78 is 24.6. The number of halogens is 1. The molecule has 0 atom stereocenters. The number of benzene rings is 2. The van der Waals surface area contributed by atoms with E-state index in [4.69, 9.17) is 9.47 Å². The molecule has 0 unspecified atom stereocenters. The zero-order valence-corrected chi connectivity index (χ0v) is 17.5. The van der Waals surface area contributed by atoms with Gasteiger partial charge in [-0.25, -0.2) is 4.39 Å². The van der Waals surface area contributed by atoms with Gasteiger partial charge in [0.05, 0.1) is 7.11 Å². The molecular weight excluding hydrogens is 401 g/mol. The molecule has 0 radical (unpaired) electrons. The number of anilines is 1. The third-order valence-electron chi connectivity index (χ3n) is 5.70. The van der Waals surface area contributed by atoms with E-state index in [-0.39, 0.29) is 24.2 Å². The highest BCUT2D eigenvalue weighted by Gasteiger charge is 2.23. The van der Waals surface area contributed by atoms with Gasteiger partial charge in [0.1, 0.15) is 17.3 Å². The van der Waals surface area contributed by atoms with Crippen LogP contribution in [0, 0.1) is 5.82 Å². The Kier molecular flexibility index (Phi) is 6.36. The van der Waals surface area contributed by atoms with Crippen LogP contribution in [0.2, 0.25) is 0 Å². The molecule has 2 aliphatic rings. The van der Waals surface area contributed by atoms with E-state index >= 15 is 0 Å². The predicted molar refractivity (Wildman–Crippen MR) is 114 cm³/mol. The fraction of sp³-hybridized carbons (Fsp3) is 0.391. The summed E-state index contributed by atoms with van der Waals surface area (Å²) >= 11 is 0. The van der Waals surface area contributed by atoms with Crippen molar-refractivity contribution in [2.45, 2.75) is 19.4 Å². The summed E-state index contributed by atoms with van der Waals surface area (Å²) in [6, 6.07) is 9.97. The molecule has 7 nitrogen and oxygen atoms in total. The first kappa shape index (κ1) is 21.1. The first-order valence-corrected chi connectivity index (χ1v) is 10.4. The molecule has 2 aromatic rings. The van der Waals surface area contributed by atoms with Crippen LogP contribution in [-0.4, -0.2) is 61.5 Å². The van der Waals surface area contributed by atoms with E-state index in [9.17, 15) is 14.0 Å². The monoisotopic (exact) mass is 427 g/mol. The predicted octanol–water partition coefficient (Wildman–Crippen LogP) is 2.44. The number of fused-ring (bicyclic) bond motifs is 1. The quantitative estimate of drug-likeness (QED) is 0.767. The fourth-order valence-corrected chi connectivity index (χ4v) is 3.95. The van der Waals surface area contributed by atoms with E-state index in [2.05, 4.69) is 10.2 Å². The van der Waals surface area contributed by atoms with E-state index in [0.29, 0.717) is 57.1 Å². The Bertz CT molecular complexity index is 973. The summed E-state index contributed by atoms with van der Waals surface area (Å²) in [5.74, 6) is 0.963. The lowest BCUT2D eigenvalue weighted by molar-refractivity contribution is -0.135. The summed E-state index contributed by atoms with van der Waals surface area (Å²) in [5, 5.41) is 2.83. The second-order valence-corrected chi connectivity index (χ2v) is 7.77. The van der Waals surface area contributed by atoms with Gasteiger partial charge < -0.3 is 19.7 Å². The van der Waals surface area contributed by atoms with Crippen molar-refractivity contribution in [2.75, 3.05) is 45.2 Å². The summed E-state index contributed by atoms with van der Waals surface area (Å²) in [5.41, 5.74) is 2.63. The molecule has 0 spiro atoms. The Morgan fingerprint density at radius 3 is 2.68 bits per heavy atom. The lowest BCUT2D eigenvalue weighted by Gasteiger charge is -2.34. The van der Waals surface area contributed by atoms with Crippen molar-refractivity contribution in [1.29, 1.82) is 0 Å². The van der Waals surface area contributed by atoms with Gasteiger partial charge in [0.25, 0.3) is 5.91 Å². The minimum Gasteiger partial charge on any atom is -0.496 e. The number of nitrogens with one attached hydrogen (secondary N) is 1. The molecule has 1 N–H and O–H groups in total. The highest BCUT2D eigenvalue weighted by Crippen LogP contribution is 2.27. The summed E-state index contributed by atoms with van der Waals surface area (Å²) in [7, 11) is 1.58. The maximum Gasteiger partial charge on any atom is 0.260 e. The number of piperazine rings is 1. The summed E-state index contributed by atoms with van der Waals surface area (Å²) in [6.45, 7) is 3.13. The average molecular weight is 427 g/mol. The van der Waals surface area contributed by atoms with Gasteiger partial charge in [-0.1, -0.05) is 0 Å². The molecule has 164 valence electrons. The number of aryl methyl sites for hydroxylation is 1. The molecule has 2 heterocycles. The Labute approximate surface area is 180 Å². The van der Waals surface area contributed by atoms with Crippen LogP contribution in [-0.2, 0) is 22.6 Å². The van der Waals surface area contributed by atoms with Crippen LogP contribution in [0.1, 0.15) is 17.5 Å². The molecule has 0 saturated carbocycles. The van der Waals surface area contributed by atoms with Crippen molar-refractivity contribution in [2.24, 2.45) is 0 Å². The van der Waals surface area contributed by atoms with Crippen LogP contribution in [0.25, 0.3) is 0 Å². The van der Waals surface area contributed by atoms with Gasteiger partial charge in [0.2, 0.25) is 5.91 Å². The van der Waals surface area contributed by atoms with E-state index < -0.39 is 0 Å². The second kappa shape index (κ2) is 9.34. The number of rotatable bonds is 6. The number of nitrogens with zero attached hydrogens (tertiary/aromatic N) is 2. The van der Waals surface area contributed by atoms with Crippen molar-refractivity contribution in [3.05, 3.63) is 53.3 Å².